The van der Waals surface area contributed by atoms with E-state index >= 15 is 0 Å². The standard InChI is InChI=1S/C21H21NO4/c1-2-26-20(24)11-9-16-12-15(8-10-19(22)23)13-18(14-16)21(25)17-6-4-3-5-7-17/h3-14,21,25H,2H2,1H3,(H2,22,23). The Kier molecular flexibility index (Phi) is 6.88. The van der Waals surface area contributed by atoms with Crippen LogP contribution in [0.4, 0.5) is 0 Å². The summed E-state index contributed by atoms with van der Waals surface area (Å²) in [6.07, 6.45) is 4.88. The minimum atomic E-state index is -0.840. The lowest BCUT2D eigenvalue weighted by atomic mass is 9.97. The summed E-state index contributed by atoms with van der Waals surface area (Å²) in [4.78, 5) is 22.5. The average molecular weight is 351 g/mol. The Labute approximate surface area is 152 Å². The maximum absolute atomic E-state index is 11.5. The van der Waals surface area contributed by atoms with Gasteiger partial charge in [-0.3, -0.25) is 4.79 Å². The highest BCUT2D eigenvalue weighted by molar-refractivity contribution is 5.90. The lowest BCUT2D eigenvalue weighted by Crippen LogP contribution is -2.05. The number of amides is 1. The van der Waals surface area contributed by atoms with Crippen LogP contribution in [0.25, 0.3) is 12.2 Å². The number of hydrogen-bond donors (Lipinski definition) is 2. The number of aliphatic hydroxyl groups excluding tert-OH is 1. The van der Waals surface area contributed by atoms with Gasteiger partial charge in [0.05, 0.1) is 6.61 Å². The molecule has 0 fully saturated rings. The van der Waals surface area contributed by atoms with Crippen molar-refractivity contribution in [1.82, 2.24) is 0 Å². The van der Waals surface area contributed by atoms with Gasteiger partial charge in [-0.15, -0.1) is 0 Å². The molecule has 0 bridgehead atoms. The van der Waals surface area contributed by atoms with Crippen molar-refractivity contribution < 1.29 is 19.4 Å². The first-order valence-electron chi connectivity index (χ1n) is 8.20. The molecule has 134 valence electrons. The van der Waals surface area contributed by atoms with Crippen LogP contribution in [0.5, 0.6) is 0 Å². The summed E-state index contributed by atoms with van der Waals surface area (Å²) in [7, 11) is 0. The number of carbonyl (C=O) groups excluding carboxylic acids is 2. The van der Waals surface area contributed by atoms with Crippen LogP contribution in [0.15, 0.2) is 60.7 Å². The summed E-state index contributed by atoms with van der Waals surface area (Å²) in [5.74, 6) is -1.02. The Morgan fingerprint density at radius 1 is 1.04 bits per heavy atom. The molecule has 0 saturated carbocycles. The van der Waals surface area contributed by atoms with E-state index in [1.807, 2.05) is 30.3 Å². The minimum Gasteiger partial charge on any atom is -0.463 e. The largest absolute Gasteiger partial charge is 0.463 e. The number of benzene rings is 2. The molecule has 5 heteroatoms. The van der Waals surface area contributed by atoms with Gasteiger partial charge in [0.2, 0.25) is 5.91 Å². The van der Waals surface area contributed by atoms with Crippen LogP contribution in [-0.4, -0.2) is 23.6 Å². The van der Waals surface area contributed by atoms with Crippen molar-refractivity contribution in [3.63, 3.8) is 0 Å². The summed E-state index contributed by atoms with van der Waals surface area (Å²) < 4.78 is 4.87. The summed E-state index contributed by atoms with van der Waals surface area (Å²) in [5, 5.41) is 10.6. The summed E-state index contributed by atoms with van der Waals surface area (Å²) in [6, 6.07) is 14.5. The van der Waals surface area contributed by atoms with E-state index in [1.54, 1.807) is 37.3 Å². The molecule has 0 radical (unpaired) electrons. The van der Waals surface area contributed by atoms with Crippen molar-refractivity contribution in [3.8, 4) is 0 Å². The van der Waals surface area contributed by atoms with Gasteiger partial charge in [-0.05, 0) is 59.5 Å². The fraction of sp³-hybridized carbons (Fsp3) is 0.143. The molecular weight excluding hydrogens is 330 g/mol. The molecule has 1 atom stereocenters. The molecule has 1 unspecified atom stereocenters. The smallest absolute Gasteiger partial charge is 0.330 e. The van der Waals surface area contributed by atoms with E-state index in [9.17, 15) is 14.7 Å². The molecule has 1 amide bonds. The van der Waals surface area contributed by atoms with E-state index in [4.69, 9.17) is 10.5 Å². The van der Waals surface area contributed by atoms with Crippen LogP contribution in [0.1, 0.15) is 35.3 Å². The number of carbonyl (C=O) groups is 2. The Bertz CT molecular complexity index is 825. The molecule has 0 spiro atoms. The number of aliphatic hydroxyl groups is 1. The molecule has 2 rings (SSSR count). The van der Waals surface area contributed by atoms with Gasteiger partial charge in [-0.2, -0.15) is 0 Å². The molecule has 2 aromatic carbocycles. The normalized spacial score (nSPS) is 12.4. The highest BCUT2D eigenvalue weighted by Gasteiger charge is 2.11. The third kappa shape index (κ3) is 5.72. The Hall–Kier alpha value is -3.18. The van der Waals surface area contributed by atoms with Crippen molar-refractivity contribution >= 4 is 24.0 Å². The van der Waals surface area contributed by atoms with E-state index in [2.05, 4.69) is 0 Å². The first-order chi connectivity index (χ1) is 12.5. The third-order valence-electron chi connectivity index (χ3n) is 3.57. The zero-order chi connectivity index (χ0) is 18.9. The van der Waals surface area contributed by atoms with Crippen molar-refractivity contribution in [3.05, 3.63) is 82.9 Å². The van der Waals surface area contributed by atoms with Crippen molar-refractivity contribution in [2.24, 2.45) is 5.73 Å². The van der Waals surface area contributed by atoms with Crippen LogP contribution >= 0.6 is 0 Å². The Morgan fingerprint density at radius 3 is 2.23 bits per heavy atom. The molecule has 0 aliphatic rings. The monoisotopic (exact) mass is 351 g/mol. The SMILES string of the molecule is CCOC(=O)C=Cc1cc(C=CC(N)=O)cc(C(O)c2ccccc2)c1. The fourth-order valence-corrected chi connectivity index (χ4v) is 2.41. The van der Waals surface area contributed by atoms with E-state index < -0.39 is 18.0 Å². The van der Waals surface area contributed by atoms with Crippen LogP contribution in [0.2, 0.25) is 0 Å². The molecule has 5 nitrogen and oxygen atoms in total. The topological polar surface area (TPSA) is 89.6 Å². The maximum atomic E-state index is 11.5. The van der Waals surface area contributed by atoms with Gasteiger partial charge in [0.15, 0.2) is 0 Å². The quantitative estimate of drug-likeness (QED) is 0.593. The predicted molar refractivity (Wildman–Crippen MR) is 101 cm³/mol. The van der Waals surface area contributed by atoms with Gasteiger partial charge in [0.1, 0.15) is 6.10 Å². The van der Waals surface area contributed by atoms with E-state index in [0.29, 0.717) is 23.3 Å². The number of esters is 1. The zero-order valence-corrected chi connectivity index (χ0v) is 14.5. The zero-order valence-electron chi connectivity index (χ0n) is 14.5. The van der Waals surface area contributed by atoms with Gasteiger partial charge in [0.25, 0.3) is 0 Å². The maximum Gasteiger partial charge on any atom is 0.330 e. The second-order valence-electron chi connectivity index (χ2n) is 5.57. The molecule has 26 heavy (non-hydrogen) atoms. The third-order valence-corrected chi connectivity index (χ3v) is 3.57. The van der Waals surface area contributed by atoms with Gasteiger partial charge < -0.3 is 15.6 Å². The van der Waals surface area contributed by atoms with Gasteiger partial charge in [-0.1, -0.05) is 30.3 Å². The number of hydrogen-bond acceptors (Lipinski definition) is 4. The minimum absolute atomic E-state index is 0.294. The lowest BCUT2D eigenvalue weighted by molar-refractivity contribution is -0.137. The summed E-state index contributed by atoms with van der Waals surface area (Å²) in [5.41, 5.74) is 7.89. The fourth-order valence-electron chi connectivity index (χ4n) is 2.41. The predicted octanol–water partition coefficient (Wildman–Crippen LogP) is 2.84. The molecule has 0 heterocycles. The van der Waals surface area contributed by atoms with Gasteiger partial charge in [-0.25, -0.2) is 4.79 Å². The summed E-state index contributed by atoms with van der Waals surface area (Å²) >= 11 is 0. The van der Waals surface area contributed by atoms with Gasteiger partial charge in [0, 0.05) is 12.2 Å². The van der Waals surface area contributed by atoms with E-state index in [0.717, 1.165) is 5.56 Å². The Morgan fingerprint density at radius 2 is 1.65 bits per heavy atom. The number of ether oxygens (including phenoxy) is 1. The highest BCUT2D eigenvalue weighted by atomic mass is 16.5. The first kappa shape index (κ1) is 19.1. The second kappa shape index (κ2) is 9.34. The second-order valence-corrected chi connectivity index (χ2v) is 5.57. The van der Waals surface area contributed by atoms with Crippen molar-refractivity contribution in [2.75, 3.05) is 6.61 Å². The number of nitrogens with two attached hydrogens (primary N) is 1. The average Bonchev–Trinajstić information content (AvgIpc) is 2.65. The molecule has 0 aromatic heterocycles. The number of primary amides is 1. The van der Waals surface area contributed by atoms with Crippen molar-refractivity contribution in [2.45, 2.75) is 13.0 Å². The van der Waals surface area contributed by atoms with Crippen LogP contribution in [0.3, 0.4) is 0 Å². The Balaban J connectivity index is 2.40. The van der Waals surface area contributed by atoms with E-state index in [-0.39, 0.29) is 0 Å². The lowest BCUT2D eigenvalue weighted by Gasteiger charge is -2.13. The van der Waals surface area contributed by atoms with Crippen LogP contribution in [0, 0.1) is 0 Å². The summed E-state index contributed by atoms with van der Waals surface area (Å²) in [6.45, 7) is 2.03. The number of rotatable bonds is 7. The molecule has 0 aliphatic carbocycles. The molecular formula is C21H21NO4. The van der Waals surface area contributed by atoms with Crippen LogP contribution < -0.4 is 5.73 Å². The van der Waals surface area contributed by atoms with Crippen molar-refractivity contribution in [1.29, 1.82) is 0 Å². The highest BCUT2D eigenvalue weighted by Crippen LogP contribution is 2.25. The van der Waals surface area contributed by atoms with Crippen LogP contribution in [-0.2, 0) is 14.3 Å². The van der Waals surface area contributed by atoms with Gasteiger partial charge >= 0.3 is 5.97 Å². The van der Waals surface area contributed by atoms with E-state index in [1.165, 1.54) is 12.2 Å². The first-order valence-corrected chi connectivity index (χ1v) is 8.20. The molecule has 2 aromatic rings. The molecule has 0 aliphatic heterocycles. The molecule has 0 saturated heterocycles. The molecule has 3 N–H and O–H groups in total.